The van der Waals surface area contributed by atoms with E-state index in [1.807, 2.05) is 36.4 Å². The van der Waals surface area contributed by atoms with Gasteiger partial charge in [0.25, 0.3) is 5.91 Å². The normalized spacial score (nSPS) is 10.9. The Balaban J connectivity index is 1.70. The molecule has 4 rings (SSSR count). The van der Waals surface area contributed by atoms with E-state index >= 15 is 0 Å². The van der Waals surface area contributed by atoms with Crippen LogP contribution in [0, 0.1) is 0 Å². The van der Waals surface area contributed by atoms with Crippen molar-refractivity contribution < 1.29 is 4.79 Å². The van der Waals surface area contributed by atoms with Crippen LogP contribution in [0.15, 0.2) is 55.0 Å². The SMILES string of the molecule is CCCN(CCC)c1cccnc1NC(=O)c1nc(-c2nccc3ccc(Cl)cc23)cnc1N. The predicted octanol–water partition coefficient (Wildman–Crippen LogP) is 5.20. The number of benzene rings is 1. The largest absolute Gasteiger partial charge is 0.382 e. The standard InChI is InChI=1S/C25H26ClN7O/c1-3-12-33(13-4-2)20-6-5-10-29-24(20)32-25(34)22-23(27)30-15-19(31-22)21-18-14-17(26)8-7-16(18)9-11-28-21/h5-11,14-15H,3-4,12-13H2,1-2H3,(H2,27,30)(H,29,32,34). The van der Waals surface area contributed by atoms with E-state index in [0.29, 0.717) is 22.2 Å². The number of aromatic nitrogens is 4. The topological polar surface area (TPSA) is 110 Å². The number of hydrogen-bond donors (Lipinski definition) is 2. The number of fused-ring (bicyclic) bond motifs is 1. The van der Waals surface area contributed by atoms with Crippen molar-refractivity contribution in [2.75, 3.05) is 29.0 Å². The van der Waals surface area contributed by atoms with Crippen molar-refractivity contribution in [3.05, 3.63) is 65.7 Å². The lowest BCUT2D eigenvalue weighted by Crippen LogP contribution is -2.27. The number of nitrogen functional groups attached to an aromatic ring is 1. The number of nitrogens with zero attached hydrogens (tertiary/aromatic N) is 5. The Bertz CT molecular complexity index is 1320. The molecule has 0 bridgehead atoms. The lowest BCUT2D eigenvalue weighted by atomic mass is 10.1. The molecule has 1 amide bonds. The van der Waals surface area contributed by atoms with Crippen LogP contribution < -0.4 is 16.0 Å². The van der Waals surface area contributed by atoms with Crippen molar-refractivity contribution in [3.8, 4) is 11.4 Å². The molecule has 3 aromatic heterocycles. The molecule has 0 unspecified atom stereocenters. The molecular formula is C25H26ClN7O. The first-order valence-corrected chi connectivity index (χ1v) is 11.6. The second-order valence-electron chi connectivity index (χ2n) is 7.83. The summed E-state index contributed by atoms with van der Waals surface area (Å²) in [7, 11) is 0. The summed E-state index contributed by atoms with van der Waals surface area (Å²) in [6.45, 7) is 5.95. The number of anilines is 3. The second kappa shape index (κ2) is 10.4. The summed E-state index contributed by atoms with van der Waals surface area (Å²) in [6, 6.07) is 11.2. The van der Waals surface area contributed by atoms with Gasteiger partial charge in [0.05, 0.1) is 17.6 Å². The van der Waals surface area contributed by atoms with Crippen LogP contribution in [0.3, 0.4) is 0 Å². The summed E-state index contributed by atoms with van der Waals surface area (Å²) in [6.07, 6.45) is 6.78. The molecule has 4 aromatic rings. The van der Waals surface area contributed by atoms with Crippen LogP contribution in [-0.2, 0) is 0 Å². The van der Waals surface area contributed by atoms with Crippen LogP contribution in [0.25, 0.3) is 22.2 Å². The number of hydrogen-bond acceptors (Lipinski definition) is 7. The number of carbonyl (C=O) groups excluding carboxylic acids is 1. The fourth-order valence-corrected chi connectivity index (χ4v) is 4.00. The maximum atomic E-state index is 13.2. The van der Waals surface area contributed by atoms with E-state index in [1.165, 1.54) is 6.20 Å². The highest BCUT2D eigenvalue weighted by Crippen LogP contribution is 2.29. The van der Waals surface area contributed by atoms with Crippen molar-refractivity contribution in [1.29, 1.82) is 0 Å². The van der Waals surface area contributed by atoms with Crippen LogP contribution in [0.4, 0.5) is 17.3 Å². The summed E-state index contributed by atoms with van der Waals surface area (Å²) in [5.41, 5.74) is 7.90. The molecule has 0 saturated carbocycles. The van der Waals surface area contributed by atoms with Gasteiger partial charge in [-0.3, -0.25) is 9.78 Å². The van der Waals surface area contributed by atoms with Crippen LogP contribution in [0.5, 0.6) is 0 Å². The van der Waals surface area contributed by atoms with Gasteiger partial charge in [-0.2, -0.15) is 0 Å². The molecule has 174 valence electrons. The summed E-state index contributed by atoms with van der Waals surface area (Å²) in [5, 5.41) is 5.21. The van der Waals surface area contributed by atoms with Crippen molar-refractivity contribution in [3.63, 3.8) is 0 Å². The van der Waals surface area contributed by atoms with E-state index in [4.69, 9.17) is 17.3 Å². The number of pyridine rings is 2. The van der Waals surface area contributed by atoms with Crippen molar-refractivity contribution in [2.24, 2.45) is 0 Å². The van der Waals surface area contributed by atoms with Gasteiger partial charge in [0.1, 0.15) is 5.69 Å². The van der Waals surface area contributed by atoms with E-state index in [-0.39, 0.29) is 11.5 Å². The van der Waals surface area contributed by atoms with Gasteiger partial charge in [0.2, 0.25) is 0 Å². The van der Waals surface area contributed by atoms with Crippen LogP contribution in [0.2, 0.25) is 5.02 Å². The minimum absolute atomic E-state index is 0.00691. The third-order valence-electron chi connectivity index (χ3n) is 5.33. The summed E-state index contributed by atoms with van der Waals surface area (Å²) in [5.74, 6) is -0.00920. The molecule has 0 aliphatic heterocycles. The van der Waals surface area contributed by atoms with Gasteiger partial charge in [-0.05, 0) is 48.6 Å². The van der Waals surface area contributed by atoms with E-state index < -0.39 is 5.91 Å². The lowest BCUT2D eigenvalue weighted by molar-refractivity contribution is 0.102. The van der Waals surface area contributed by atoms with Gasteiger partial charge in [-0.15, -0.1) is 0 Å². The van der Waals surface area contributed by atoms with Gasteiger partial charge >= 0.3 is 0 Å². The average molecular weight is 476 g/mol. The van der Waals surface area contributed by atoms with Gasteiger partial charge in [0.15, 0.2) is 17.3 Å². The Hall–Kier alpha value is -3.78. The number of rotatable bonds is 8. The lowest BCUT2D eigenvalue weighted by Gasteiger charge is -2.25. The molecular weight excluding hydrogens is 450 g/mol. The first-order valence-electron chi connectivity index (χ1n) is 11.2. The molecule has 1 aromatic carbocycles. The van der Waals surface area contributed by atoms with E-state index in [2.05, 4.69) is 44.0 Å². The third kappa shape index (κ3) is 4.92. The molecule has 0 aliphatic rings. The zero-order valence-electron chi connectivity index (χ0n) is 19.1. The second-order valence-corrected chi connectivity index (χ2v) is 8.26. The van der Waals surface area contributed by atoms with Crippen LogP contribution in [-0.4, -0.2) is 38.9 Å². The Labute approximate surface area is 203 Å². The quantitative estimate of drug-likeness (QED) is 0.360. The first kappa shape index (κ1) is 23.4. The number of halogens is 1. The van der Waals surface area contributed by atoms with Gasteiger partial charge < -0.3 is 16.0 Å². The van der Waals surface area contributed by atoms with Gasteiger partial charge in [-0.1, -0.05) is 31.5 Å². The summed E-state index contributed by atoms with van der Waals surface area (Å²) >= 11 is 6.20. The molecule has 3 heterocycles. The molecule has 34 heavy (non-hydrogen) atoms. The van der Waals surface area contributed by atoms with Crippen molar-refractivity contribution in [1.82, 2.24) is 19.9 Å². The van der Waals surface area contributed by atoms with Gasteiger partial charge in [0, 0.05) is 35.9 Å². The number of carbonyl (C=O) groups is 1. The van der Waals surface area contributed by atoms with E-state index in [0.717, 1.165) is 42.4 Å². The molecule has 0 fully saturated rings. The average Bonchev–Trinajstić information content (AvgIpc) is 2.84. The fourth-order valence-electron chi connectivity index (χ4n) is 3.83. The highest BCUT2D eigenvalue weighted by molar-refractivity contribution is 6.31. The molecule has 8 nitrogen and oxygen atoms in total. The minimum Gasteiger partial charge on any atom is -0.382 e. The minimum atomic E-state index is -0.488. The Morgan fingerprint density at radius 1 is 1.06 bits per heavy atom. The predicted molar refractivity (Wildman–Crippen MR) is 137 cm³/mol. The molecule has 0 aliphatic carbocycles. The summed E-state index contributed by atoms with van der Waals surface area (Å²) < 4.78 is 0. The van der Waals surface area contributed by atoms with Crippen LogP contribution >= 0.6 is 11.6 Å². The zero-order valence-corrected chi connectivity index (χ0v) is 19.9. The Morgan fingerprint density at radius 2 is 1.85 bits per heavy atom. The Kier molecular flexibility index (Phi) is 7.18. The monoisotopic (exact) mass is 475 g/mol. The van der Waals surface area contributed by atoms with Crippen LogP contribution in [0.1, 0.15) is 37.2 Å². The number of amides is 1. The number of nitrogens with two attached hydrogens (primary N) is 1. The van der Waals surface area contributed by atoms with Crippen molar-refractivity contribution in [2.45, 2.75) is 26.7 Å². The maximum absolute atomic E-state index is 13.2. The highest BCUT2D eigenvalue weighted by Gasteiger charge is 2.20. The first-order chi connectivity index (χ1) is 16.5. The molecule has 0 spiro atoms. The molecule has 0 radical (unpaired) electrons. The van der Waals surface area contributed by atoms with Gasteiger partial charge in [-0.25, -0.2) is 15.0 Å². The maximum Gasteiger partial charge on any atom is 0.279 e. The Morgan fingerprint density at radius 3 is 2.62 bits per heavy atom. The van der Waals surface area contributed by atoms with E-state index in [9.17, 15) is 4.79 Å². The summed E-state index contributed by atoms with van der Waals surface area (Å²) in [4.78, 5) is 33.0. The van der Waals surface area contributed by atoms with Crippen molar-refractivity contribution >= 4 is 45.6 Å². The zero-order chi connectivity index (χ0) is 24.1. The molecule has 0 saturated heterocycles. The third-order valence-corrected chi connectivity index (χ3v) is 5.57. The molecule has 3 N–H and O–H groups in total. The fraction of sp³-hybridized carbons (Fsp3) is 0.240. The smallest absolute Gasteiger partial charge is 0.279 e. The molecule has 9 heteroatoms. The highest BCUT2D eigenvalue weighted by atomic mass is 35.5. The van der Waals surface area contributed by atoms with E-state index in [1.54, 1.807) is 12.4 Å². The molecule has 0 atom stereocenters. The number of nitrogens with one attached hydrogen (secondary N) is 1.